The Morgan fingerprint density at radius 3 is 2.73 bits per heavy atom. The van der Waals surface area contributed by atoms with Crippen LogP contribution in [0.25, 0.3) is 0 Å². The van der Waals surface area contributed by atoms with Crippen molar-refractivity contribution < 1.29 is 9.84 Å². The van der Waals surface area contributed by atoms with Gasteiger partial charge < -0.3 is 15.6 Å². The molecule has 1 atom stereocenters. The van der Waals surface area contributed by atoms with E-state index in [1.807, 2.05) is 19.1 Å². The first-order chi connectivity index (χ1) is 7.11. The van der Waals surface area contributed by atoms with Gasteiger partial charge in [0.1, 0.15) is 5.75 Å². The molecule has 0 spiro atoms. The number of aliphatic hydroxyl groups excluding tert-OH is 1. The van der Waals surface area contributed by atoms with Crippen LogP contribution in [0, 0.1) is 6.92 Å². The van der Waals surface area contributed by atoms with Crippen LogP contribution in [0.2, 0.25) is 5.02 Å². The van der Waals surface area contributed by atoms with E-state index in [0.29, 0.717) is 17.2 Å². The van der Waals surface area contributed by atoms with Gasteiger partial charge in [0.05, 0.1) is 12.1 Å². The molecule has 0 aliphatic heterocycles. The number of methoxy groups -OCH3 is 1. The van der Waals surface area contributed by atoms with Gasteiger partial charge in [0.2, 0.25) is 0 Å². The molecule has 0 amide bonds. The second-order valence-electron chi connectivity index (χ2n) is 3.43. The van der Waals surface area contributed by atoms with E-state index in [2.05, 4.69) is 0 Å². The Bertz CT molecular complexity index is 342. The Hall–Kier alpha value is -0.770. The largest absolute Gasteiger partial charge is 0.495 e. The summed E-state index contributed by atoms with van der Waals surface area (Å²) in [4.78, 5) is 0. The zero-order valence-electron chi connectivity index (χ0n) is 8.96. The molecule has 0 aromatic heterocycles. The van der Waals surface area contributed by atoms with Crippen LogP contribution in [0.3, 0.4) is 0 Å². The predicted molar refractivity (Wildman–Crippen MR) is 61.4 cm³/mol. The van der Waals surface area contributed by atoms with Gasteiger partial charge in [-0.05, 0) is 30.5 Å². The predicted octanol–water partition coefficient (Wildman–Crippen LogP) is 2.04. The maximum absolute atomic E-state index is 8.85. The second kappa shape index (κ2) is 5.35. The highest BCUT2D eigenvalue weighted by atomic mass is 35.5. The van der Waals surface area contributed by atoms with Crippen molar-refractivity contribution in [3.05, 3.63) is 28.3 Å². The molecule has 0 heterocycles. The summed E-state index contributed by atoms with van der Waals surface area (Å²) in [5.41, 5.74) is 7.80. The van der Waals surface area contributed by atoms with Crippen LogP contribution in [-0.2, 0) is 0 Å². The van der Waals surface area contributed by atoms with Gasteiger partial charge in [-0.2, -0.15) is 0 Å². The van der Waals surface area contributed by atoms with E-state index in [1.165, 1.54) is 0 Å². The number of halogens is 1. The summed E-state index contributed by atoms with van der Waals surface area (Å²) >= 11 is 6.16. The van der Waals surface area contributed by atoms with Gasteiger partial charge >= 0.3 is 0 Å². The van der Waals surface area contributed by atoms with Gasteiger partial charge in [-0.3, -0.25) is 0 Å². The van der Waals surface area contributed by atoms with Crippen LogP contribution in [0.4, 0.5) is 0 Å². The van der Waals surface area contributed by atoms with E-state index in [0.717, 1.165) is 11.1 Å². The summed E-state index contributed by atoms with van der Waals surface area (Å²) in [6.07, 6.45) is 0.494. The minimum atomic E-state index is -0.252. The third-order valence-electron chi connectivity index (χ3n) is 2.39. The molecule has 4 heteroatoms. The van der Waals surface area contributed by atoms with Crippen LogP contribution in [0.15, 0.2) is 12.1 Å². The maximum atomic E-state index is 8.85. The van der Waals surface area contributed by atoms with Crippen molar-refractivity contribution in [3.63, 3.8) is 0 Å². The second-order valence-corrected chi connectivity index (χ2v) is 3.81. The molecule has 0 fully saturated rings. The Labute approximate surface area is 94.8 Å². The molecule has 3 N–H and O–H groups in total. The van der Waals surface area contributed by atoms with Gasteiger partial charge in [0.25, 0.3) is 0 Å². The number of nitrogens with two attached hydrogens (primary N) is 1. The number of aryl methyl sites for hydroxylation is 1. The standard InChI is InChI=1S/C11H16ClNO2/c1-7-3-4-9(15-2)11(12)10(7)8(13)5-6-14/h3-4,8,14H,5-6,13H2,1-2H3. The summed E-state index contributed by atoms with van der Waals surface area (Å²) in [5, 5.41) is 9.39. The van der Waals surface area contributed by atoms with E-state index in [9.17, 15) is 0 Å². The van der Waals surface area contributed by atoms with Crippen LogP contribution in [0.5, 0.6) is 5.75 Å². The summed E-state index contributed by atoms with van der Waals surface area (Å²) in [6.45, 7) is 1.99. The third kappa shape index (κ3) is 2.62. The minimum absolute atomic E-state index is 0.0497. The fourth-order valence-corrected chi connectivity index (χ4v) is 2.00. The molecule has 1 rings (SSSR count). The Kier molecular flexibility index (Phi) is 4.39. The van der Waals surface area contributed by atoms with Gasteiger partial charge in [-0.25, -0.2) is 0 Å². The maximum Gasteiger partial charge on any atom is 0.137 e. The van der Waals surface area contributed by atoms with Crippen LogP contribution < -0.4 is 10.5 Å². The molecule has 0 bridgehead atoms. The van der Waals surface area contributed by atoms with E-state index in [-0.39, 0.29) is 12.6 Å². The number of benzene rings is 1. The molecule has 1 aromatic rings. The Morgan fingerprint density at radius 2 is 2.20 bits per heavy atom. The van der Waals surface area contributed by atoms with E-state index in [4.69, 9.17) is 27.2 Å². The van der Waals surface area contributed by atoms with Crippen molar-refractivity contribution in [2.75, 3.05) is 13.7 Å². The van der Waals surface area contributed by atoms with Crippen molar-refractivity contribution in [2.24, 2.45) is 5.73 Å². The SMILES string of the molecule is COc1ccc(C)c(C(N)CCO)c1Cl. The van der Waals surface area contributed by atoms with Crippen LogP contribution in [-0.4, -0.2) is 18.8 Å². The number of ether oxygens (including phenoxy) is 1. The van der Waals surface area contributed by atoms with Gasteiger partial charge in [-0.15, -0.1) is 0 Å². The van der Waals surface area contributed by atoms with Crippen molar-refractivity contribution >= 4 is 11.6 Å². The highest BCUT2D eigenvalue weighted by molar-refractivity contribution is 6.33. The van der Waals surface area contributed by atoms with Gasteiger partial charge in [-0.1, -0.05) is 17.7 Å². The zero-order chi connectivity index (χ0) is 11.4. The fourth-order valence-electron chi connectivity index (χ4n) is 1.57. The van der Waals surface area contributed by atoms with Crippen molar-refractivity contribution in [2.45, 2.75) is 19.4 Å². The number of hydrogen-bond donors (Lipinski definition) is 2. The van der Waals surface area contributed by atoms with E-state index < -0.39 is 0 Å². The van der Waals surface area contributed by atoms with Gasteiger partial charge in [0, 0.05) is 12.6 Å². The Morgan fingerprint density at radius 1 is 1.53 bits per heavy atom. The first-order valence-electron chi connectivity index (χ1n) is 4.81. The summed E-state index contributed by atoms with van der Waals surface area (Å²) in [5.74, 6) is 0.616. The molecule has 0 aliphatic carbocycles. The minimum Gasteiger partial charge on any atom is -0.495 e. The first kappa shape index (κ1) is 12.3. The molecule has 3 nitrogen and oxygen atoms in total. The summed E-state index contributed by atoms with van der Waals surface area (Å²) in [7, 11) is 1.57. The number of rotatable bonds is 4. The number of aliphatic hydroxyl groups is 1. The lowest BCUT2D eigenvalue weighted by molar-refractivity contribution is 0.276. The van der Waals surface area contributed by atoms with Crippen molar-refractivity contribution in [3.8, 4) is 5.75 Å². The van der Waals surface area contributed by atoms with Crippen LogP contribution in [0.1, 0.15) is 23.6 Å². The number of hydrogen-bond acceptors (Lipinski definition) is 3. The highest BCUT2D eigenvalue weighted by Gasteiger charge is 2.15. The van der Waals surface area contributed by atoms with Crippen LogP contribution >= 0.6 is 11.6 Å². The lowest BCUT2D eigenvalue weighted by Crippen LogP contribution is -2.14. The Balaban J connectivity index is 3.14. The van der Waals surface area contributed by atoms with Crippen molar-refractivity contribution in [1.29, 1.82) is 0 Å². The first-order valence-corrected chi connectivity index (χ1v) is 5.19. The molecule has 0 saturated heterocycles. The third-order valence-corrected chi connectivity index (χ3v) is 2.78. The van der Waals surface area contributed by atoms with E-state index in [1.54, 1.807) is 7.11 Å². The smallest absolute Gasteiger partial charge is 0.137 e. The molecule has 15 heavy (non-hydrogen) atoms. The molecule has 1 unspecified atom stereocenters. The summed E-state index contributed by atoms with van der Waals surface area (Å²) in [6, 6.07) is 3.47. The molecular weight excluding hydrogens is 214 g/mol. The molecule has 0 saturated carbocycles. The van der Waals surface area contributed by atoms with E-state index >= 15 is 0 Å². The highest BCUT2D eigenvalue weighted by Crippen LogP contribution is 2.34. The molecule has 0 aliphatic rings. The topological polar surface area (TPSA) is 55.5 Å². The van der Waals surface area contributed by atoms with Gasteiger partial charge in [0.15, 0.2) is 0 Å². The molecule has 0 radical (unpaired) electrons. The molecular formula is C11H16ClNO2. The molecule has 84 valence electrons. The average molecular weight is 230 g/mol. The zero-order valence-corrected chi connectivity index (χ0v) is 9.71. The van der Waals surface area contributed by atoms with Crippen molar-refractivity contribution in [1.82, 2.24) is 0 Å². The summed E-state index contributed by atoms with van der Waals surface area (Å²) < 4.78 is 5.12. The quantitative estimate of drug-likeness (QED) is 0.831. The molecule has 1 aromatic carbocycles. The monoisotopic (exact) mass is 229 g/mol. The normalized spacial score (nSPS) is 12.6. The fraction of sp³-hybridized carbons (Fsp3) is 0.455. The lowest BCUT2D eigenvalue weighted by Gasteiger charge is -2.17. The average Bonchev–Trinajstić information content (AvgIpc) is 2.18. The lowest BCUT2D eigenvalue weighted by atomic mass is 9.99.